The van der Waals surface area contributed by atoms with Crippen LogP contribution >= 0.6 is 32.3 Å². The van der Waals surface area contributed by atoms with E-state index in [2.05, 4.69) is 120 Å². The number of nitrogens with zero attached hydrogens (tertiary/aromatic N) is 4. The molecule has 0 fully saturated rings. The van der Waals surface area contributed by atoms with Gasteiger partial charge in [0.25, 0.3) is 0 Å². The fourth-order valence-electron chi connectivity index (χ4n) is 4.15. The molecule has 0 rings (SSSR count). The van der Waals surface area contributed by atoms with Crippen LogP contribution in [0.3, 0.4) is 0 Å². The molecule has 0 spiro atoms. The third-order valence-corrected chi connectivity index (χ3v) is 20.1. The van der Waals surface area contributed by atoms with Gasteiger partial charge in [-0.15, -0.1) is 0 Å². The van der Waals surface area contributed by atoms with Crippen LogP contribution in [0.2, 0.25) is 0 Å². The molecule has 0 amide bonds. The monoisotopic (exact) mass is 996 g/mol. The van der Waals surface area contributed by atoms with Crippen LogP contribution in [0.25, 0.3) is 0 Å². The molecule has 0 aromatic heterocycles. The Balaban J connectivity index is -0.0000000653. The molecular weight excluding hydrogens is 934 g/mol. The Kier molecular flexibility index (Phi) is 60.2. The molecule has 0 saturated carbocycles. The first-order chi connectivity index (χ1) is 17.5. The molecule has 0 aliphatic heterocycles. The van der Waals surface area contributed by atoms with Crippen LogP contribution in [0.15, 0.2) is 0 Å². The van der Waals surface area contributed by atoms with E-state index in [-0.39, 0.29) is 74.4 Å². The van der Waals surface area contributed by atoms with Gasteiger partial charge in [-0.05, 0) is 111 Å². The first-order valence-corrected chi connectivity index (χ1v) is 20.1. The maximum atomic E-state index is 6.25. The fraction of sp³-hybridized carbons (Fsp3) is 0.857. The van der Waals surface area contributed by atoms with Crippen LogP contribution in [0, 0.1) is 47.3 Å². The zero-order valence-corrected chi connectivity index (χ0v) is 36.6. The van der Waals surface area contributed by atoms with Crippen molar-refractivity contribution in [1.82, 2.24) is 9.72 Å². The number of hydrogen-bond acceptors (Lipinski definition) is 6. The predicted molar refractivity (Wildman–Crippen MR) is 180 cm³/mol. The largest absolute Gasteiger partial charge is 0.512 e. The van der Waals surface area contributed by atoms with E-state index >= 15 is 0 Å². The molecule has 40 heavy (non-hydrogen) atoms. The topological polar surface area (TPSA) is 119 Å². The normalized spacial score (nSPS) is 10.1. The van der Waals surface area contributed by atoms with E-state index in [1.165, 1.54) is 0 Å². The Morgan fingerprint density at radius 2 is 0.375 bits per heavy atom. The van der Waals surface area contributed by atoms with Gasteiger partial charge in [-0.25, -0.2) is 0 Å². The Morgan fingerprint density at radius 1 is 0.300 bits per heavy atom. The van der Waals surface area contributed by atoms with Gasteiger partial charge in [0.1, 0.15) is 32.3 Å². The van der Waals surface area contributed by atoms with Crippen molar-refractivity contribution in [2.45, 2.75) is 156 Å². The zero-order valence-electron chi connectivity index (χ0n) is 28.0. The van der Waals surface area contributed by atoms with E-state index in [0.29, 0.717) is 0 Å². The third kappa shape index (κ3) is 33.5. The van der Waals surface area contributed by atoms with Gasteiger partial charge in [0, 0.05) is 42.1 Å². The second-order valence-corrected chi connectivity index (χ2v) is 26.2. The Morgan fingerprint density at radius 3 is 0.425 bits per heavy atom. The summed E-state index contributed by atoms with van der Waals surface area (Å²) in [4.78, 5) is 8.11. The fourth-order valence-corrected chi connectivity index (χ4v) is 21.4. The van der Waals surface area contributed by atoms with Gasteiger partial charge in [-0.3, -0.25) is 0 Å². The number of rotatable bonds is 12. The van der Waals surface area contributed by atoms with E-state index in [1.807, 2.05) is 0 Å². The average Bonchev–Trinajstić information content (AvgIpc) is 2.83. The van der Waals surface area contributed by atoms with Crippen LogP contribution in [0.4, 0.5) is 0 Å². The smallest absolute Gasteiger partial charge is 0.110 e. The van der Waals surface area contributed by atoms with Gasteiger partial charge >= 0.3 is 0 Å². The molecule has 0 atom stereocenters. The maximum absolute atomic E-state index is 6.25. The van der Waals surface area contributed by atoms with Crippen molar-refractivity contribution in [3.05, 3.63) is 26.3 Å². The first-order valence-electron chi connectivity index (χ1n) is 13.4. The Bertz CT molecular complexity index is 452. The van der Waals surface area contributed by atoms with Crippen molar-refractivity contribution in [3.63, 3.8) is 0 Å². The molecule has 2 N–H and O–H groups in total. The van der Waals surface area contributed by atoms with Crippen LogP contribution in [-0.4, -0.2) is 45.3 Å². The first kappa shape index (κ1) is 60.2. The third-order valence-electron chi connectivity index (χ3n) is 5.55. The molecule has 0 aromatic rings. The Hall–Kier alpha value is 0.977. The molecular formula is C28H62N6P4Pt2. The van der Waals surface area contributed by atoms with Gasteiger partial charge in [0.15, 0.2) is 0 Å². The van der Waals surface area contributed by atoms with Gasteiger partial charge in [0.05, 0.1) is 45.3 Å². The van der Waals surface area contributed by atoms with E-state index in [9.17, 15) is 0 Å². The molecule has 0 aliphatic carbocycles. The molecule has 0 aliphatic rings. The minimum atomic E-state index is -0.371. The molecule has 0 unspecified atom stereocenters. The van der Waals surface area contributed by atoms with Gasteiger partial charge in [-0.2, -0.15) is 0 Å². The summed E-state index contributed by atoms with van der Waals surface area (Å²) in [5, 5.41) is 25.0. The summed E-state index contributed by atoms with van der Waals surface area (Å²) in [5.41, 5.74) is 6.72. The van der Waals surface area contributed by atoms with Gasteiger partial charge in [-0.1, -0.05) is 9.72 Å². The molecule has 0 aromatic carbocycles. The van der Waals surface area contributed by atoms with Crippen LogP contribution < -0.4 is 9.72 Å². The van der Waals surface area contributed by atoms with E-state index in [0.717, 1.165) is 45.3 Å². The quantitative estimate of drug-likeness (QED) is 0.149. The molecule has 0 saturated heterocycles. The number of nitrogens with one attached hydrogen (secondary N) is 2. The molecule has 244 valence electrons. The van der Waals surface area contributed by atoms with Crippen molar-refractivity contribution < 1.29 is 42.1 Å². The van der Waals surface area contributed by atoms with Crippen LogP contribution in [0.5, 0.6) is 0 Å². The second-order valence-electron chi connectivity index (χ2n) is 11.3. The summed E-state index contributed by atoms with van der Waals surface area (Å²) in [6.45, 7) is 57.0. The van der Waals surface area contributed by atoms with Crippen molar-refractivity contribution in [2.24, 2.45) is 0 Å². The second kappa shape index (κ2) is 40.0. The maximum Gasteiger partial charge on any atom is 0.110 e. The summed E-state index contributed by atoms with van der Waals surface area (Å²) in [5.74, 6) is 0. The van der Waals surface area contributed by atoms with Crippen LogP contribution in [0.1, 0.15) is 111 Å². The molecule has 0 bridgehead atoms. The molecule has 6 nitrogen and oxygen atoms in total. The van der Waals surface area contributed by atoms with Crippen LogP contribution in [-0.2, 0) is 42.1 Å². The SMILES string of the molecule is CC(C)[PH+](N[PH+](C(C)C)C(C)C)C(C)C.CC(C)[PH+](N[PH+](C(C)C)C(C)C)C(C)C.[C-]#N.[C-]#N.[C-]#N.[C-]#N.[Pt].[Pt]. The van der Waals surface area contributed by atoms with Crippen molar-refractivity contribution in [3.8, 4) is 0 Å². The van der Waals surface area contributed by atoms with Gasteiger partial charge < -0.3 is 47.3 Å². The molecule has 0 heterocycles. The summed E-state index contributed by atoms with van der Waals surface area (Å²) < 4.78 is 0. The summed E-state index contributed by atoms with van der Waals surface area (Å²) in [7, 11) is -1.49. The van der Waals surface area contributed by atoms with Crippen molar-refractivity contribution in [1.29, 1.82) is 21.0 Å². The molecule has 0 radical (unpaired) electrons. The summed E-state index contributed by atoms with van der Waals surface area (Å²) in [6.07, 6.45) is 0. The van der Waals surface area contributed by atoms with E-state index in [1.54, 1.807) is 0 Å². The van der Waals surface area contributed by atoms with Crippen molar-refractivity contribution >= 4 is 32.3 Å². The minimum Gasteiger partial charge on any atom is -0.512 e. The number of hydrogen-bond donors (Lipinski definition) is 2. The summed E-state index contributed by atoms with van der Waals surface area (Å²) >= 11 is 0. The predicted octanol–water partition coefficient (Wildman–Crippen LogP) is 9.32. The zero-order chi connectivity index (χ0) is 32.3. The molecule has 12 heteroatoms. The van der Waals surface area contributed by atoms with Gasteiger partial charge in [0.2, 0.25) is 0 Å². The van der Waals surface area contributed by atoms with E-state index in [4.69, 9.17) is 47.3 Å². The van der Waals surface area contributed by atoms with E-state index < -0.39 is 0 Å². The Labute approximate surface area is 285 Å². The standard InChI is InChI=1S/2C12H29NP2.4CN.2Pt/c2*1-9(2)14(10(3)4)13-15(11(5)6)12(7)8;4*1-2;;/h2*9-13H,1-8H3;;;;;;/q;;4*-1;;/p+4. The van der Waals surface area contributed by atoms with Crippen molar-refractivity contribution in [2.75, 3.05) is 0 Å². The summed E-state index contributed by atoms with van der Waals surface area (Å²) in [6, 6.07) is 0. The average molecular weight is 997 g/mol. The minimum absolute atomic E-state index is 0.